The average molecular weight is 250 g/mol. The van der Waals surface area contributed by atoms with Crippen molar-refractivity contribution in [1.82, 2.24) is 0 Å². The molecule has 0 aliphatic heterocycles. The first-order valence-corrected chi connectivity index (χ1v) is 8.56. The van der Waals surface area contributed by atoms with Crippen LogP contribution in [0, 0.1) is 29.1 Å². The highest BCUT2D eigenvalue weighted by Gasteiger charge is 2.41. The topological polar surface area (TPSA) is 0 Å². The zero-order valence-corrected chi connectivity index (χ0v) is 13.2. The van der Waals surface area contributed by atoms with Crippen LogP contribution in [0.1, 0.15) is 85.5 Å². The van der Waals surface area contributed by atoms with Gasteiger partial charge in [-0.15, -0.1) is 0 Å². The Morgan fingerprint density at radius 1 is 0.722 bits per heavy atom. The summed E-state index contributed by atoms with van der Waals surface area (Å²) in [7, 11) is 0. The lowest BCUT2D eigenvalue weighted by Gasteiger charge is -2.48. The van der Waals surface area contributed by atoms with E-state index in [4.69, 9.17) is 0 Å². The van der Waals surface area contributed by atoms with Gasteiger partial charge in [0.2, 0.25) is 0 Å². The maximum absolute atomic E-state index is 2.63. The minimum atomic E-state index is 0.653. The van der Waals surface area contributed by atoms with Crippen LogP contribution in [-0.4, -0.2) is 0 Å². The predicted molar refractivity (Wildman–Crippen MR) is 80.6 cm³/mol. The van der Waals surface area contributed by atoms with Crippen LogP contribution in [0.3, 0.4) is 0 Å². The van der Waals surface area contributed by atoms with Gasteiger partial charge in [0, 0.05) is 0 Å². The molecule has 0 aromatic heterocycles. The molecule has 0 saturated heterocycles. The minimum absolute atomic E-state index is 0.653. The van der Waals surface area contributed by atoms with E-state index in [1.165, 1.54) is 57.8 Å². The molecular formula is C18H34. The van der Waals surface area contributed by atoms with Crippen molar-refractivity contribution in [1.29, 1.82) is 0 Å². The van der Waals surface area contributed by atoms with Crippen molar-refractivity contribution in [3.8, 4) is 0 Å². The van der Waals surface area contributed by atoms with E-state index in [9.17, 15) is 0 Å². The van der Waals surface area contributed by atoms with Crippen molar-refractivity contribution in [2.24, 2.45) is 29.1 Å². The third kappa shape index (κ3) is 2.94. The summed E-state index contributed by atoms with van der Waals surface area (Å²) in [4.78, 5) is 0. The summed E-state index contributed by atoms with van der Waals surface area (Å²) in [5.41, 5.74) is 0.653. The molecule has 0 spiro atoms. The van der Waals surface area contributed by atoms with Gasteiger partial charge < -0.3 is 0 Å². The van der Waals surface area contributed by atoms with Crippen LogP contribution in [0.2, 0.25) is 0 Å². The highest BCUT2D eigenvalue weighted by atomic mass is 14.5. The van der Waals surface area contributed by atoms with Gasteiger partial charge in [-0.3, -0.25) is 0 Å². The average Bonchev–Trinajstić information content (AvgIpc) is 2.39. The second kappa shape index (κ2) is 5.97. The monoisotopic (exact) mass is 250 g/mol. The Balaban J connectivity index is 2.00. The Hall–Kier alpha value is 0. The first-order chi connectivity index (χ1) is 8.56. The van der Waals surface area contributed by atoms with Crippen LogP contribution in [0.25, 0.3) is 0 Å². The van der Waals surface area contributed by atoms with Gasteiger partial charge in [0.25, 0.3) is 0 Å². The van der Waals surface area contributed by atoms with E-state index in [1.54, 1.807) is 0 Å². The maximum Gasteiger partial charge on any atom is -0.0272 e. The van der Waals surface area contributed by atoms with Crippen molar-refractivity contribution in [2.75, 3.05) is 0 Å². The third-order valence-electron chi connectivity index (χ3n) is 6.66. The van der Waals surface area contributed by atoms with E-state index in [0.29, 0.717) is 5.41 Å². The molecular weight excluding hydrogens is 216 g/mol. The summed E-state index contributed by atoms with van der Waals surface area (Å²) in [6.07, 6.45) is 13.4. The SMILES string of the molecule is CCC(C)(C1CCC(C)CC1)C1CCC(C)CC1. The summed E-state index contributed by atoms with van der Waals surface area (Å²) in [5.74, 6) is 4.04. The molecule has 106 valence electrons. The smallest absolute Gasteiger partial charge is 0.0272 e. The van der Waals surface area contributed by atoms with Crippen LogP contribution < -0.4 is 0 Å². The molecule has 0 radical (unpaired) electrons. The van der Waals surface area contributed by atoms with Crippen molar-refractivity contribution in [3.05, 3.63) is 0 Å². The summed E-state index contributed by atoms with van der Waals surface area (Å²) >= 11 is 0. The Morgan fingerprint density at radius 2 is 1.06 bits per heavy atom. The molecule has 0 atom stereocenters. The van der Waals surface area contributed by atoms with Crippen LogP contribution in [0.5, 0.6) is 0 Å². The highest BCUT2D eigenvalue weighted by molar-refractivity contribution is 4.91. The van der Waals surface area contributed by atoms with E-state index in [2.05, 4.69) is 27.7 Å². The fourth-order valence-corrected chi connectivity index (χ4v) is 4.75. The first-order valence-electron chi connectivity index (χ1n) is 8.56. The largest absolute Gasteiger partial charge is 0.0648 e. The zero-order chi connectivity index (χ0) is 13.2. The molecule has 0 heteroatoms. The zero-order valence-electron chi connectivity index (χ0n) is 13.2. The van der Waals surface area contributed by atoms with Gasteiger partial charge >= 0.3 is 0 Å². The first kappa shape index (κ1) is 14.4. The molecule has 0 N–H and O–H groups in total. The quantitative estimate of drug-likeness (QED) is 0.571. The van der Waals surface area contributed by atoms with Gasteiger partial charge in [-0.25, -0.2) is 0 Å². The van der Waals surface area contributed by atoms with Gasteiger partial charge in [0.15, 0.2) is 0 Å². The van der Waals surface area contributed by atoms with Gasteiger partial charge in [0.05, 0.1) is 0 Å². The van der Waals surface area contributed by atoms with E-state index in [0.717, 1.165) is 23.7 Å². The molecule has 0 unspecified atom stereocenters. The van der Waals surface area contributed by atoms with Crippen molar-refractivity contribution in [2.45, 2.75) is 85.5 Å². The number of hydrogen-bond acceptors (Lipinski definition) is 0. The molecule has 0 aromatic carbocycles. The molecule has 0 bridgehead atoms. The molecule has 2 rings (SSSR count). The second-order valence-corrected chi connectivity index (χ2v) is 7.77. The lowest BCUT2D eigenvalue weighted by Crippen LogP contribution is -2.38. The van der Waals surface area contributed by atoms with Gasteiger partial charge in [-0.05, 0) is 54.8 Å². The summed E-state index contributed by atoms with van der Waals surface area (Å²) in [6.45, 7) is 9.98. The van der Waals surface area contributed by atoms with Crippen molar-refractivity contribution in [3.63, 3.8) is 0 Å². The fourth-order valence-electron chi connectivity index (χ4n) is 4.75. The lowest BCUT2D eigenvalue weighted by atomic mass is 9.57. The van der Waals surface area contributed by atoms with Gasteiger partial charge in [0.1, 0.15) is 0 Å². The minimum Gasteiger partial charge on any atom is -0.0648 e. The molecule has 2 aliphatic carbocycles. The lowest BCUT2D eigenvalue weighted by molar-refractivity contribution is 0.0218. The molecule has 0 nitrogen and oxygen atoms in total. The molecule has 2 aliphatic rings. The third-order valence-corrected chi connectivity index (χ3v) is 6.66. The van der Waals surface area contributed by atoms with Crippen molar-refractivity contribution >= 4 is 0 Å². The Bertz CT molecular complexity index is 217. The maximum atomic E-state index is 2.63. The molecule has 2 saturated carbocycles. The summed E-state index contributed by atoms with van der Waals surface area (Å²) < 4.78 is 0. The molecule has 18 heavy (non-hydrogen) atoms. The van der Waals surface area contributed by atoms with Crippen LogP contribution in [-0.2, 0) is 0 Å². The summed E-state index contributed by atoms with van der Waals surface area (Å²) in [5, 5.41) is 0. The van der Waals surface area contributed by atoms with Gasteiger partial charge in [-0.1, -0.05) is 59.8 Å². The Kier molecular flexibility index (Phi) is 4.78. The van der Waals surface area contributed by atoms with Crippen molar-refractivity contribution < 1.29 is 0 Å². The number of rotatable bonds is 3. The molecule has 0 amide bonds. The molecule has 0 aromatic rings. The van der Waals surface area contributed by atoms with E-state index in [-0.39, 0.29) is 0 Å². The van der Waals surface area contributed by atoms with E-state index < -0.39 is 0 Å². The standard InChI is InChI=1S/C18H34/c1-5-18(4,16-10-6-14(2)7-11-16)17-12-8-15(3)9-13-17/h14-17H,5-13H2,1-4H3. The molecule has 2 fully saturated rings. The normalized spacial score (nSPS) is 41.3. The summed E-state index contributed by atoms with van der Waals surface area (Å²) in [6, 6.07) is 0. The van der Waals surface area contributed by atoms with Crippen LogP contribution >= 0.6 is 0 Å². The Labute approximate surface area is 115 Å². The van der Waals surface area contributed by atoms with E-state index in [1.807, 2.05) is 0 Å². The Morgan fingerprint density at radius 3 is 1.33 bits per heavy atom. The van der Waals surface area contributed by atoms with Crippen LogP contribution in [0.15, 0.2) is 0 Å². The molecule has 0 heterocycles. The van der Waals surface area contributed by atoms with Gasteiger partial charge in [-0.2, -0.15) is 0 Å². The number of hydrogen-bond donors (Lipinski definition) is 0. The van der Waals surface area contributed by atoms with E-state index >= 15 is 0 Å². The second-order valence-electron chi connectivity index (χ2n) is 7.77. The fraction of sp³-hybridized carbons (Fsp3) is 1.00. The predicted octanol–water partition coefficient (Wildman–Crippen LogP) is 6.06. The van der Waals surface area contributed by atoms with Crippen LogP contribution in [0.4, 0.5) is 0 Å². The highest BCUT2D eigenvalue weighted by Crippen LogP contribution is 2.51.